The second-order valence-corrected chi connectivity index (χ2v) is 7.50. The maximum Gasteiger partial charge on any atom is 0.161 e. The van der Waals surface area contributed by atoms with Crippen LogP contribution in [0, 0.1) is 0 Å². The highest BCUT2D eigenvalue weighted by Crippen LogP contribution is 2.30. The Morgan fingerprint density at radius 2 is 1.82 bits per heavy atom. The Morgan fingerprint density at radius 3 is 2.36 bits per heavy atom. The van der Waals surface area contributed by atoms with E-state index in [1.807, 2.05) is 26.2 Å². The molecule has 0 aliphatic rings. The number of anilines is 1. The van der Waals surface area contributed by atoms with Crippen molar-refractivity contribution in [1.82, 2.24) is 9.80 Å². The van der Waals surface area contributed by atoms with Crippen LogP contribution >= 0.6 is 34.7 Å². The van der Waals surface area contributed by atoms with Crippen molar-refractivity contribution in [1.29, 1.82) is 0 Å². The summed E-state index contributed by atoms with van der Waals surface area (Å²) < 4.78 is 4.13. The van der Waals surface area contributed by atoms with Crippen molar-refractivity contribution in [3.63, 3.8) is 0 Å². The van der Waals surface area contributed by atoms with E-state index in [9.17, 15) is 4.79 Å². The highest BCUT2D eigenvalue weighted by atomic mass is 35.5. The standard InChI is InChI=1S/C10H5Cl2NOS.C10H15N3/c11-6-1-2-8(9(12)3-6)10-4-7(5-14)15-13-10;1-11-12-8-9-4-6-10(7-5-9)13(2)3/h1-5H;4-8,11H,1-3H3/b;12-8+. The predicted molar refractivity (Wildman–Crippen MR) is 120 cm³/mol. The first kappa shape index (κ1) is 21.9. The summed E-state index contributed by atoms with van der Waals surface area (Å²) in [6.07, 6.45) is 2.56. The van der Waals surface area contributed by atoms with Gasteiger partial charge in [-0.25, -0.2) is 0 Å². The topological polar surface area (TPSA) is 57.6 Å². The molecule has 0 bridgehead atoms. The molecule has 8 heteroatoms. The molecule has 28 heavy (non-hydrogen) atoms. The Bertz CT molecular complexity index is 940. The van der Waals surface area contributed by atoms with E-state index in [-0.39, 0.29) is 0 Å². The minimum atomic E-state index is 0.533. The molecule has 146 valence electrons. The van der Waals surface area contributed by atoms with Gasteiger partial charge in [0.15, 0.2) is 6.29 Å². The summed E-state index contributed by atoms with van der Waals surface area (Å²) in [5.74, 6) is 0. The van der Waals surface area contributed by atoms with Gasteiger partial charge in [-0.2, -0.15) is 9.47 Å². The number of rotatable bonds is 5. The predicted octanol–water partition coefficient (Wildman–Crippen LogP) is 5.24. The Kier molecular flexibility index (Phi) is 8.44. The number of halogens is 2. The van der Waals surface area contributed by atoms with Gasteiger partial charge in [0, 0.05) is 37.4 Å². The Morgan fingerprint density at radius 1 is 1.11 bits per heavy atom. The van der Waals surface area contributed by atoms with E-state index in [2.05, 4.69) is 31.9 Å². The van der Waals surface area contributed by atoms with Gasteiger partial charge in [0.05, 0.1) is 21.8 Å². The Labute approximate surface area is 178 Å². The molecule has 0 radical (unpaired) electrons. The van der Waals surface area contributed by atoms with Crippen LogP contribution in [0.5, 0.6) is 0 Å². The molecular formula is C20H20Cl2N4OS. The highest BCUT2D eigenvalue weighted by molar-refractivity contribution is 7.07. The summed E-state index contributed by atoms with van der Waals surface area (Å²) in [4.78, 5) is 13.2. The van der Waals surface area contributed by atoms with Crippen LogP contribution in [-0.2, 0) is 0 Å². The molecule has 0 aliphatic heterocycles. The molecule has 0 amide bonds. The second kappa shape index (κ2) is 10.8. The normalized spacial score (nSPS) is 10.3. The number of hydrogen-bond donors (Lipinski definition) is 1. The van der Waals surface area contributed by atoms with Gasteiger partial charge in [-0.05, 0) is 53.5 Å². The second-order valence-electron chi connectivity index (χ2n) is 5.82. The third kappa shape index (κ3) is 6.34. The van der Waals surface area contributed by atoms with Crippen LogP contribution in [-0.4, -0.2) is 38.0 Å². The molecule has 1 aromatic heterocycles. The summed E-state index contributed by atoms with van der Waals surface area (Å²) in [7, 11) is 5.83. The minimum Gasteiger partial charge on any atom is -0.378 e. The lowest BCUT2D eigenvalue weighted by molar-refractivity contribution is 0.112. The molecule has 3 rings (SSSR count). The first-order valence-corrected chi connectivity index (χ1v) is 9.82. The number of carbonyl (C=O) groups excluding carboxylic acids is 1. The third-order valence-corrected chi connectivity index (χ3v) is 4.86. The molecule has 1 N–H and O–H groups in total. The Hall–Kier alpha value is -2.41. The number of carbonyl (C=O) groups is 1. The summed E-state index contributed by atoms with van der Waals surface area (Å²) in [5.41, 5.74) is 6.49. The van der Waals surface area contributed by atoms with Gasteiger partial charge in [-0.15, -0.1) is 0 Å². The zero-order valence-electron chi connectivity index (χ0n) is 15.7. The molecule has 2 aromatic carbocycles. The molecule has 3 aromatic rings. The van der Waals surface area contributed by atoms with E-state index in [0.717, 1.165) is 28.9 Å². The van der Waals surface area contributed by atoms with Crippen LogP contribution in [0.4, 0.5) is 5.69 Å². The van der Waals surface area contributed by atoms with E-state index in [4.69, 9.17) is 23.2 Å². The largest absolute Gasteiger partial charge is 0.378 e. The first-order chi connectivity index (χ1) is 13.4. The molecule has 0 fully saturated rings. The number of benzene rings is 2. The average molecular weight is 435 g/mol. The van der Waals surface area contributed by atoms with Gasteiger partial charge in [0.1, 0.15) is 0 Å². The lowest BCUT2D eigenvalue weighted by atomic mass is 10.1. The molecule has 1 heterocycles. The smallest absolute Gasteiger partial charge is 0.161 e. The molecule has 0 spiro atoms. The molecule has 5 nitrogen and oxygen atoms in total. The molecule has 0 saturated heterocycles. The SMILES string of the molecule is CN/N=C/c1ccc(N(C)C)cc1.O=Cc1cc(-c2ccc(Cl)cc2Cl)ns1. The quantitative estimate of drug-likeness (QED) is 0.339. The number of aldehydes is 1. The number of aromatic nitrogens is 1. The van der Waals surface area contributed by atoms with E-state index in [1.54, 1.807) is 37.5 Å². The van der Waals surface area contributed by atoms with Crippen molar-refractivity contribution >= 4 is 52.9 Å². The molecule has 0 atom stereocenters. The van der Waals surface area contributed by atoms with Gasteiger partial charge < -0.3 is 10.3 Å². The average Bonchev–Trinajstić information content (AvgIpc) is 3.16. The first-order valence-electron chi connectivity index (χ1n) is 8.29. The lowest BCUT2D eigenvalue weighted by Gasteiger charge is -2.11. The number of nitrogens with one attached hydrogen (secondary N) is 1. The lowest BCUT2D eigenvalue weighted by Crippen LogP contribution is -2.08. The van der Waals surface area contributed by atoms with Gasteiger partial charge in [0.25, 0.3) is 0 Å². The zero-order chi connectivity index (χ0) is 20.5. The van der Waals surface area contributed by atoms with E-state index in [0.29, 0.717) is 20.6 Å². The summed E-state index contributed by atoms with van der Waals surface area (Å²) in [5, 5.41) is 5.04. The van der Waals surface area contributed by atoms with Crippen molar-refractivity contribution in [2.45, 2.75) is 0 Å². The highest BCUT2D eigenvalue weighted by Gasteiger charge is 2.08. The van der Waals surface area contributed by atoms with Gasteiger partial charge in [-0.1, -0.05) is 35.3 Å². The monoisotopic (exact) mass is 434 g/mol. The van der Waals surface area contributed by atoms with E-state index in [1.165, 1.54) is 5.69 Å². The van der Waals surface area contributed by atoms with E-state index >= 15 is 0 Å². The van der Waals surface area contributed by atoms with Crippen LogP contribution < -0.4 is 10.3 Å². The Balaban J connectivity index is 0.000000203. The summed E-state index contributed by atoms with van der Waals surface area (Å²) in [6.45, 7) is 0. The number of hydrazone groups is 1. The number of nitrogens with zero attached hydrogens (tertiary/aromatic N) is 3. The van der Waals surface area contributed by atoms with Crippen LogP contribution in [0.1, 0.15) is 15.2 Å². The minimum absolute atomic E-state index is 0.533. The van der Waals surface area contributed by atoms with Crippen molar-refractivity contribution in [2.75, 3.05) is 26.0 Å². The van der Waals surface area contributed by atoms with Crippen molar-refractivity contribution in [3.8, 4) is 11.3 Å². The fraction of sp³-hybridized carbons (Fsp3) is 0.150. The van der Waals surface area contributed by atoms with Crippen LogP contribution in [0.2, 0.25) is 10.0 Å². The summed E-state index contributed by atoms with van der Waals surface area (Å²) in [6, 6.07) is 15.1. The molecule has 0 aliphatic carbocycles. The zero-order valence-corrected chi connectivity index (χ0v) is 18.0. The van der Waals surface area contributed by atoms with E-state index < -0.39 is 0 Å². The molecular weight excluding hydrogens is 415 g/mol. The van der Waals surface area contributed by atoms with Crippen LogP contribution in [0.15, 0.2) is 53.6 Å². The van der Waals surface area contributed by atoms with Gasteiger partial charge in [0.2, 0.25) is 0 Å². The summed E-state index contributed by atoms with van der Waals surface area (Å²) >= 11 is 12.9. The third-order valence-electron chi connectivity index (χ3n) is 3.60. The fourth-order valence-electron chi connectivity index (χ4n) is 2.17. The van der Waals surface area contributed by atoms with Crippen molar-refractivity contribution < 1.29 is 4.79 Å². The molecule has 0 saturated carbocycles. The van der Waals surface area contributed by atoms with Crippen molar-refractivity contribution in [3.05, 3.63) is 69.0 Å². The van der Waals surface area contributed by atoms with Gasteiger partial charge in [-0.3, -0.25) is 4.79 Å². The molecule has 0 unspecified atom stereocenters. The maximum atomic E-state index is 10.5. The van der Waals surface area contributed by atoms with Crippen molar-refractivity contribution in [2.24, 2.45) is 5.10 Å². The van der Waals surface area contributed by atoms with Gasteiger partial charge >= 0.3 is 0 Å². The van der Waals surface area contributed by atoms with Crippen LogP contribution in [0.25, 0.3) is 11.3 Å². The van der Waals surface area contributed by atoms with Crippen LogP contribution in [0.3, 0.4) is 0 Å². The maximum absolute atomic E-state index is 10.5. The fourth-order valence-corrected chi connectivity index (χ4v) is 3.23. The number of hydrogen-bond acceptors (Lipinski definition) is 6.